The topological polar surface area (TPSA) is 105 Å². The highest BCUT2D eigenvalue weighted by Gasteiger charge is 2.40. The number of pyridine rings is 1. The van der Waals surface area contributed by atoms with Crippen molar-refractivity contribution < 1.29 is 31.9 Å². The number of amides is 1. The van der Waals surface area contributed by atoms with E-state index in [2.05, 4.69) is 25.4 Å². The predicted molar refractivity (Wildman–Crippen MR) is 109 cm³/mol. The van der Waals surface area contributed by atoms with Crippen LogP contribution in [-0.2, 0) is 6.18 Å². The van der Waals surface area contributed by atoms with Crippen LogP contribution in [0.5, 0.6) is 0 Å². The first-order valence-corrected chi connectivity index (χ1v) is 10.1. The Hall–Kier alpha value is -3.45. The number of carbonyl (C=O) groups excluding carboxylic acids is 1. The molecule has 14 heteroatoms. The molecule has 1 aromatic carbocycles. The van der Waals surface area contributed by atoms with E-state index < -0.39 is 57.3 Å². The summed E-state index contributed by atoms with van der Waals surface area (Å²) in [5.41, 5.74) is -3.37. The van der Waals surface area contributed by atoms with Gasteiger partial charge in [-0.3, -0.25) is 9.79 Å². The van der Waals surface area contributed by atoms with Crippen molar-refractivity contribution in [3.8, 4) is 5.69 Å². The van der Waals surface area contributed by atoms with Gasteiger partial charge >= 0.3 is 6.18 Å². The number of carbonyl (C=O) groups is 1. The largest absolute Gasteiger partial charge is 0.434 e. The monoisotopic (exact) mass is 500 g/mol. The van der Waals surface area contributed by atoms with E-state index in [-0.39, 0.29) is 30.5 Å². The maximum Gasteiger partial charge on any atom is 0.434 e. The van der Waals surface area contributed by atoms with Crippen LogP contribution in [0, 0.1) is 11.6 Å². The molecule has 2 N–H and O–H groups in total. The van der Waals surface area contributed by atoms with Crippen molar-refractivity contribution in [3.63, 3.8) is 0 Å². The van der Waals surface area contributed by atoms with Gasteiger partial charge in [0, 0.05) is 12.1 Å². The molecule has 4 rings (SSSR count). The van der Waals surface area contributed by atoms with Crippen molar-refractivity contribution in [3.05, 3.63) is 69.5 Å². The van der Waals surface area contributed by atoms with Gasteiger partial charge in [0.25, 0.3) is 5.91 Å². The minimum atomic E-state index is -4.98. The molecule has 0 bridgehead atoms. The minimum absolute atomic E-state index is 0.0141. The van der Waals surface area contributed by atoms with Gasteiger partial charge in [0.05, 0.1) is 34.8 Å². The molecule has 34 heavy (non-hydrogen) atoms. The number of aliphatic imine (C=N–C) groups is 1. The van der Waals surface area contributed by atoms with Gasteiger partial charge in [-0.1, -0.05) is 17.7 Å². The van der Waals surface area contributed by atoms with Crippen LogP contribution < -0.4 is 5.32 Å². The smallest absolute Gasteiger partial charge is 0.395 e. The third-order valence-electron chi connectivity index (χ3n) is 4.86. The van der Waals surface area contributed by atoms with E-state index in [4.69, 9.17) is 16.7 Å². The Morgan fingerprint density at radius 2 is 1.91 bits per heavy atom. The first-order valence-electron chi connectivity index (χ1n) is 9.69. The van der Waals surface area contributed by atoms with Gasteiger partial charge in [0.15, 0.2) is 11.5 Å². The molecule has 0 saturated heterocycles. The van der Waals surface area contributed by atoms with Crippen LogP contribution in [-0.4, -0.2) is 49.6 Å². The molecule has 178 valence electrons. The number of halogens is 6. The molecule has 8 nitrogen and oxygen atoms in total. The first-order chi connectivity index (χ1) is 16.0. The second-order valence-corrected chi connectivity index (χ2v) is 7.49. The zero-order valence-corrected chi connectivity index (χ0v) is 17.9. The Bertz CT molecular complexity index is 1300. The molecule has 3 heterocycles. The Kier molecular flexibility index (Phi) is 6.08. The third-order valence-corrected chi connectivity index (χ3v) is 5.23. The normalized spacial score (nSPS) is 15.3. The van der Waals surface area contributed by atoms with Crippen molar-refractivity contribution in [2.24, 2.45) is 4.99 Å². The second kappa shape index (κ2) is 8.72. The predicted octanol–water partition coefficient (Wildman–Crippen LogP) is 3.25. The van der Waals surface area contributed by atoms with Gasteiger partial charge in [-0.2, -0.15) is 13.2 Å². The Labute approximate surface area is 193 Å². The zero-order chi connectivity index (χ0) is 24.8. The van der Waals surface area contributed by atoms with E-state index >= 15 is 0 Å². The number of benzene rings is 1. The van der Waals surface area contributed by atoms with Gasteiger partial charge in [0.1, 0.15) is 17.7 Å². The standard InChI is InChI=1S/C20H14ClF5N6O2/c1-8-18-30-17(19(34)27-5-6-33)31-32(18)11-7-28-16(20(24,25)26)14(21)13(11)15(29-8)12-9(22)3-2-4-10(12)23/h2-4,7-8,33H,5-6H2,1H3,(H,27,34)/t8-/m0/s1. The number of nitrogens with zero attached hydrogens (tertiary/aromatic N) is 5. The van der Waals surface area contributed by atoms with Crippen LogP contribution in [0.25, 0.3) is 5.69 Å². The van der Waals surface area contributed by atoms with Gasteiger partial charge < -0.3 is 10.4 Å². The molecule has 0 aliphatic carbocycles. The summed E-state index contributed by atoms with van der Waals surface area (Å²) in [6.45, 7) is 1.01. The maximum absolute atomic E-state index is 14.7. The SMILES string of the molecule is C[C@@H]1N=C(c2c(F)cccc2F)c2c(cnc(C(F)(F)F)c2Cl)-n2nc(C(=O)NCCO)nc21. The minimum Gasteiger partial charge on any atom is -0.395 e. The fourth-order valence-corrected chi connectivity index (χ4v) is 3.75. The number of hydrogen-bond donors (Lipinski definition) is 2. The molecular weight excluding hydrogens is 487 g/mol. The average Bonchev–Trinajstić information content (AvgIpc) is 3.17. The second-order valence-electron chi connectivity index (χ2n) is 7.11. The third kappa shape index (κ3) is 4.01. The van der Waals surface area contributed by atoms with Crippen LogP contribution in [0.1, 0.15) is 46.2 Å². The summed E-state index contributed by atoms with van der Waals surface area (Å²) in [5.74, 6) is -3.30. The zero-order valence-electron chi connectivity index (χ0n) is 17.2. The number of alkyl halides is 3. The molecule has 2 aromatic heterocycles. The number of hydrogen-bond acceptors (Lipinski definition) is 6. The molecule has 0 unspecified atom stereocenters. The first kappa shape index (κ1) is 23.7. The van der Waals surface area contributed by atoms with Crippen LogP contribution in [0.15, 0.2) is 29.4 Å². The molecule has 1 aliphatic rings. The lowest BCUT2D eigenvalue weighted by molar-refractivity contribution is -0.141. The number of aliphatic hydroxyl groups excluding tert-OH is 1. The summed E-state index contributed by atoms with van der Waals surface area (Å²) in [4.78, 5) is 24.0. The van der Waals surface area contributed by atoms with E-state index in [1.165, 1.54) is 6.92 Å². The highest BCUT2D eigenvalue weighted by atomic mass is 35.5. The average molecular weight is 501 g/mol. The summed E-state index contributed by atoms with van der Waals surface area (Å²) < 4.78 is 71.1. The Balaban J connectivity index is 2.03. The van der Waals surface area contributed by atoms with E-state index in [0.29, 0.717) is 0 Å². The molecule has 0 fully saturated rings. The Morgan fingerprint density at radius 3 is 2.53 bits per heavy atom. The van der Waals surface area contributed by atoms with Gasteiger partial charge in [-0.05, 0) is 19.1 Å². The number of fused-ring (bicyclic) bond motifs is 3. The van der Waals surface area contributed by atoms with Gasteiger partial charge in [-0.15, -0.1) is 5.10 Å². The summed E-state index contributed by atoms with van der Waals surface area (Å²) >= 11 is 6.11. The van der Waals surface area contributed by atoms with Crippen LogP contribution in [0.2, 0.25) is 5.02 Å². The highest BCUT2D eigenvalue weighted by molar-refractivity contribution is 6.37. The summed E-state index contributed by atoms with van der Waals surface area (Å²) in [6, 6.07) is 1.93. The van der Waals surface area contributed by atoms with Crippen LogP contribution in [0.4, 0.5) is 22.0 Å². The van der Waals surface area contributed by atoms with Crippen LogP contribution >= 0.6 is 11.6 Å². The molecule has 0 saturated carbocycles. The lowest BCUT2D eigenvalue weighted by Gasteiger charge is -2.17. The molecule has 1 atom stereocenters. The quantitative estimate of drug-likeness (QED) is 0.535. The lowest BCUT2D eigenvalue weighted by atomic mass is 9.99. The van der Waals surface area contributed by atoms with E-state index in [0.717, 1.165) is 29.1 Å². The van der Waals surface area contributed by atoms with Crippen molar-refractivity contribution in [2.45, 2.75) is 19.1 Å². The number of rotatable bonds is 4. The fourth-order valence-electron chi connectivity index (χ4n) is 3.41. The molecule has 1 aliphatic heterocycles. The Morgan fingerprint density at radius 1 is 1.24 bits per heavy atom. The number of nitrogens with one attached hydrogen (secondary N) is 1. The van der Waals surface area contributed by atoms with E-state index in [9.17, 15) is 26.7 Å². The molecule has 0 radical (unpaired) electrons. The number of aliphatic hydroxyl groups is 1. The van der Waals surface area contributed by atoms with Gasteiger partial charge in [-0.25, -0.2) is 23.4 Å². The fraction of sp³-hybridized carbons (Fsp3) is 0.250. The number of aromatic nitrogens is 4. The van der Waals surface area contributed by atoms with Crippen LogP contribution in [0.3, 0.4) is 0 Å². The molecule has 3 aromatic rings. The van der Waals surface area contributed by atoms with E-state index in [1.54, 1.807) is 0 Å². The van der Waals surface area contributed by atoms with Crippen molar-refractivity contribution in [1.82, 2.24) is 25.1 Å². The van der Waals surface area contributed by atoms with Crippen molar-refractivity contribution in [1.29, 1.82) is 0 Å². The molecule has 0 spiro atoms. The lowest BCUT2D eigenvalue weighted by Crippen LogP contribution is -2.27. The van der Waals surface area contributed by atoms with Crippen molar-refractivity contribution in [2.75, 3.05) is 13.2 Å². The molecule has 1 amide bonds. The molecular formula is C20H14ClF5N6O2. The van der Waals surface area contributed by atoms with Gasteiger partial charge in [0.2, 0.25) is 5.82 Å². The maximum atomic E-state index is 14.7. The van der Waals surface area contributed by atoms with E-state index in [1.807, 2.05) is 0 Å². The summed E-state index contributed by atoms with van der Waals surface area (Å²) in [5, 5.41) is 14.3. The summed E-state index contributed by atoms with van der Waals surface area (Å²) in [7, 11) is 0. The summed E-state index contributed by atoms with van der Waals surface area (Å²) in [6.07, 6.45) is -4.21. The van der Waals surface area contributed by atoms with Crippen molar-refractivity contribution >= 4 is 23.2 Å². The highest BCUT2D eigenvalue weighted by Crippen LogP contribution is 2.40.